The third-order valence-electron chi connectivity index (χ3n) is 4.89. The summed E-state index contributed by atoms with van der Waals surface area (Å²) in [6.07, 6.45) is 1.50. The lowest BCUT2D eigenvalue weighted by atomic mass is 10.1. The van der Waals surface area contributed by atoms with Gasteiger partial charge in [0.2, 0.25) is 0 Å². The van der Waals surface area contributed by atoms with Gasteiger partial charge in [0.25, 0.3) is 11.6 Å². The monoisotopic (exact) mass is 425 g/mol. The van der Waals surface area contributed by atoms with E-state index >= 15 is 0 Å². The maximum Gasteiger partial charge on any atom is 0.271 e. The predicted molar refractivity (Wildman–Crippen MR) is 123 cm³/mol. The predicted octanol–water partition coefficient (Wildman–Crippen LogP) is 5.09. The summed E-state index contributed by atoms with van der Waals surface area (Å²) in [5, 5.41) is 17.0. The lowest BCUT2D eigenvalue weighted by molar-refractivity contribution is -0.384. The molecule has 0 aliphatic heterocycles. The highest BCUT2D eigenvalue weighted by Crippen LogP contribution is 2.22. The van der Waals surface area contributed by atoms with Crippen molar-refractivity contribution in [3.63, 3.8) is 0 Å². The van der Waals surface area contributed by atoms with Gasteiger partial charge < -0.3 is 4.74 Å². The molecular formula is C25H19N3O4. The number of rotatable bonds is 7. The topological polar surface area (TPSA) is 93.8 Å². The minimum Gasteiger partial charge on any atom is -0.488 e. The Hall–Kier alpha value is -4.52. The van der Waals surface area contributed by atoms with E-state index < -0.39 is 10.8 Å². The van der Waals surface area contributed by atoms with Gasteiger partial charge >= 0.3 is 0 Å². The molecule has 158 valence electrons. The van der Waals surface area contributed by atoms with Crippen molar-refractivity contribution in [1.82, 2.24) is 5.43 Å². The van der Waals surface area contributed by atoms with Gasteiger partial charge in [0, 0.05) is 23.3 Å². The molecule has 7 nitrogen and oxygen atoms in total. The molecule has 4 aromatic rings. The van der Waals surface area contributed by atoms with Crippen LogP contribution in [0.1, 0.15) is 21.5 Å². The Morgan fingerprint density at radius 1 is 0.938 bits per heavy atom. The second kappa shape index (κ2) is 9.53. The highest BCUT2D eigenvalue weighted by atomic mass is 16.6. The molecule has 0 aliphatic rings. The van der Waals surface area contributed by atoms with Crippen LogP contribution in [0.5, 0.6) is 5.75 Å². The van der Waals surface area contributed by atoms with Gasteiger partial charge in [0.05, 0.1) is 11.1 Å². The number of hydrazone groups is 1. The van der Waals surface area contributed by atoms with Crippen molar-refractivity contribution < 1.29 is 14.5 Å². The molecule has 0 saturated heterocycles. The molecule has 0 fully saturated rings. The number of carbonyl (C=O) groups is 1. The summed E-state index contributed by atoms with van der Waals surface area (Å²) in [5.41, 5.74) is 4.39. The zero-order chi connectivity index (χ0) is 22.3. The van der Waals surface area contributed by atoms with Crippen LogP contribution in [0.2, 0.25) is 0 Å². The van der Waals surface area contributed by atoms with Crippen molar-refractivity contribution in [3.8, 4) is 5.75 Å². The highest BCUT2D eigenvalue weighted by molar-refractivity contribution is 5.95. The van der Waals surface area contributed by atoms with Crippen molar-refractivity contribution >= 4 is 28.6 Å². The third-order valence-corrected chi connectivity index (χ3v) is 4.89. The van der Waals surface area contributed by atoms with Gasteiger partial charge in [-0.25, -0.2) is 5.43 Å². The first-order chi connectivity index (χ1) is 15.6. The SMILES string of the molecule is O=C(N/N=C/c1ccccc1OCc1cccc2ccccc12)c1ccc([N+](=O)[O-])cc1. The summed E-state index contributed by atoms with van der Waals surface area (Å²) in [4.78, 5) is 22.4. The number of hydrogen-bond donors (Lipinski definition) is 1. The van der Waals surface area contributed by atoms with E-state index in [-0.39, 0.29) is 11.3 Å². The lowest BCUT2D eigenvalue weighted by Gasteiger charge is -2.11. The van der Waals surface area contributed by atoms with Crippen LogP contribution in [0, 0.1) is 10.1 Å². The number of hydrogen-bond acceptors (Lipinski definition) is 5. The Labute approximate surface area is 184 Å². The molecule has 0 aliphatic carbocycles. The number of non-ortho nitro benzene ring substituents is 1. The van der Waals surface area contributed by atoms with Gasteiger partial charge in [-0.15, -0.1) is 0 Å². The van der Waals surface area contributed by atoms with Gasteiger partial charge in [-0.2, -0.15) is 5.10 Å². The molecular weight excluding hydrogens is 406 g/mol. The van der Waals surface area contributed by atoms with Crippen LogP contribution in [-0.4, -0.2) is 17.0 Å². The first kappa shape index (κ1) is 20.7. The Kier molecular flexibility index (Phi) is 6.17. The maximum absolute atomic E-state index is 12.2. The van der Waals surface area contributed by atoms with Crippen LogP contribution < -0.4 is 10.2 Å². The number of nitro benzene ring substituents is 1. The van der Waals surface area contributed by atoms with Crippen LogP contribution in [0.25, 0.3) is 10.8 Å². The average Bonchev–Trinajstić information content (AvgIpc) is 2.83. The Bertz CT molecular complexity index is 1290. The number of nitrogens with one attached hydrogen (secondary N) is 1. The normalized spacial score (nSPS) is 10.9. The molecule has 0 aromatic heterocycles. The van der Waals surface area contributed by atoms with Gasteiger partial charge in [-0.05, 0) is 40.6 Å². The molecule has 4 aromatic carbocycles. The molecule has 4 rings (SSSR count). The van der Waals surface area contributed by atoms with E-state index in [0.717, 1.165) is 16.3 Å². The van der Waals surface area contributed by atoms with Gasteiger partial charge in [0.1, 0.15) is 12.4 Å². The fraction of sp³-hybridized carbons (Fsp3) is 0.0400. The van der Waals surface area contributed by atoms with E-state index in [1.165, 1.54) is 30.5 Å². The zero-order valence-electron chi connectivity index (χ0n) is 17.0. The molecule has 0 spiro atoms. The first-order valence-electron chi connectivity index (χ1n) is 9.88. The van der Waals surface area contributed by atoms with E-state index in [0.29, 0.717) is 17.9 Å². The quantitative estimate of drug-likeness (QED) is 0.253. The van der Waals surface area contributed by atoms with Crippen molar-refractivity contribution in [2.24, 2.45) is 5.10 Å². The second-order valence-corrected chi connectivity index (χ2v) is 6.97. The van der Waals surface area contributed by atoms with E-state index in [4.69, 9.17) is 4.74 Å². The molecule has 7 heteroatoms. The summed E-state index contributed by atoms with van der Waals surface area (Å²) in [7, 11) is 0. The number of amides is 1. The van der Waals surface area contributed by atoms with Crippen LogP contribution in [0.15, 0.2) is 96.1 Å². The molecule has 0 heterocycles. The number of nitrogens with zero attached hydrogens (tertiary/aromatic N) is 2. The van der Waals surface area contributed by atoms with E-state index in [1.807, 2.05) is 48.5 Å². The van der Waals surface area contributed by atoms with E-state index in [9.17, 15) is 14.9 Å². The minimum atomic E-state index is -0.519. The highest BCUT2D eigenvalue weighted by Gasteiger charge is 2.09. The first-order valence-corrected chi connectivity index (χ1v) is 9.88. The molecule has 0 unspecified atom stereocenters. The van der Waals surface area contributed by atoms with E-state index in [2.05, 4.69) is 28.7 Å². The van der Waals surface area contributed by atoms with Gasteiger partial charge in [0.15, 0.2) is 0 Å². The smallest absolute Gasteiger partial charge is 0.271 e. The summed E-state index contributed by atoms with van der Waals surface area (Å²) in [6, 6.07) is 26.9. The summed E-state index contributed by atoms with van der Waals surface area (Å²) in [6.45, 7) is 0.390. The van der Waals surface area contributed by atoms with Crippen molar-refractivity contribution in [2.75, 3.05) is 0 Å². The molecule has 0 atom stereocenters. The molecule has 1 amide bonds. The largest absolute Gasteiger partial charge is 0.488 e. The van der Waals surface area contributed by atoms with E-state index in [1.54, 1.807) is 0 Å². The zero-order valence-corrected chi connectivity index (χ0v) is 17.0. The molecule has 0 saturated carbocycles. The summed E-state index contributed by atoms with van der Waals surface area (Å²) < 4.78 is 6.04. The Morgan fingerprint density at radius 2 is 1.66 bits per heavy atom. The number of carbonyl (C=O) groups excluding carboxylic acids is 1. The van der Waals surface area contributed by atoms with Crippen molar-refractivity contribution in [3.05, 3.63) is 118 Å². The van der Waals surface area contributed by atoms with Crippen molar-refractivity contribution in [2.45, 2.75) is 6.61 Å². The maximum atomic E-state index is 12.2. The number of benzene rings is 4. The fourth-order valence-corrected chi connectivity index (χ4v) is 3.25. The fourth-order valence-electron chi connectivity index (χ4n) is 3.25. The number of para-hydroxylation sites is 1. The Morgan fingerprint density at radius 3 is 2.47 bits per heavy atom. The Balaban J connectivity index is 1.43. The number of ether oxygens (including phenoxy) is 1. The van der Waals surface area contributed by atoms with Crippen LogP contribution in [-0.2, 0) is 6.61 Å². The summed E-state index contributed by atoms with van der Waals surface area (Å²) >= 11 is 0. The number of fused-ring (bicyclic) bond motifs is 1. The molecule has 0 bridgehead atoms. The number of nitro groups is 1. The summed E-state index contributed by atoms with van der Waals surface area (Å²) in [5.74, 6) is 0.166. The molecule has 0 radical (unpaired) electrons. The van der Waals surface area contributed by atoms with Crippen molar-refractivity contribution in [1.29, 1.82) is 0 Å². The molecule has 1 N–H and O–H groups in total. The van der Waals surface area contributed by atoms with Gasteiger partial charge in [-0.3, -0.25) is 14.9 Å². The van der Waals surface area contributed by atoms with Crippen LogP contribution in [0.3, 0.4) is 0 Å². The van der Waals surface area contributed by atoms with Crippen LogP contribution >= 0.6 is 0 Å². The average molecular weight is 425 g/mol. The molecule has 32 heavy (non-hydrogen) atoms. The second-order valence-electron chi connectivity index (χ2n) is 6.97. The van der Waals surface area contributed by atoms with Crippen LogP contribution in [0.4, 0.5) is 5.69 Å². The lowest BCUT2D eigenvalue weighted by Crippen LogP contribution is -2.17. The third kappa shape index (κ3) is 4.79. The van der Waals surface area contributed by atoms with Gasteiger partial charge in [-0.1, -0.05) is 54.6 Å². The minimum absolute atomic E-state index is 0.0812. The standard InChI is InChI=1S/C25H19N3O4/c29-25(19-12-14-22(15-13-19)28(30)31)27-26-16-20-7-2-4-11-24(20)32-17-21-9-5-8-18-6-1-3-10-23(18)21/h1-16H,17H2,(H,27,29)/b26-16+.